The molecular weight excluding hydrogens is 150 g/mol. The maximum atomic E-state index is 5.55. The van der Waals surface area contributed by atoms with E-state index in [1.165, 1.54) is 0 Å². The lowest BCUT2D eigenvalue weighted by molar-refractivity contribution is 0.0527. The highest BCUT2D eigenvalue weighted by Gasteiger charge is 2.05. The highest BCUT2D eigenvalue weighted by Crippen LogP contribution is 1.95. The van der Waals surface area contributed by atoms with E-state index in [9.17, 15) is 0 Å². The topological polar surface area (TPSA) is 35.2 Å². The van der Waals surface area contributed by atoms with Crippen molar-refractivity contribution >= 4 is 12.4 Å². The van der Waals surface area contributed by atoms with E-state index in [1.807, 2.05) is 13.8 Å². The van der Waals surface area contributed by atoms with Gasteiger partial charge < -0.3 is 10.5 Å². The van der Waals surface area contributed by atoms with Crippen molar-refractivity contribution in [1.29, 1.82) is 0 Å². The van der Waals surface area contributed by atoms with Gasteiger partial charge in [-0.15, -0.1) is 12.4 Å². The largest absolute Gasteiger partial charge is 0.377 e. The first kappa shape index (κ1) is 12.8. The Balaban J connectivity index is 0. The minimum absolute atomic E-state index is 0. The molecule has 2 atom stereocenters. The molecule has 0 radical (unpaired) electrons. The molecule has 0 heterocycles. The van der Waals surface area contributed by atoms with Crippen molar-refractivity contribution in [1.82, 2.24) is 0 Å². The van der Waals surface area contributed by atoms with Gasteiger partial charge in [0.05, 0.1) is 6.10 Å². The number of rotatable bonds is 4. The third-order valence-electron chi connectivity index (χ3n) is 1.33. The lowest BCUT2D eigenvalue weighted by Gasteiger charge is -2.15. The molecule has 0 amide bonds. The van der Waals surface area contributed by atoms with Gasteiger partial charge >= 0.3 is 0 Å². The second kappa shape index (κ2) is 7.32. The smallest absolute Gasteiger partial charge is 0.0695 e. The predicted octanol–water partition coefficient (Wildman–Crippen LogP) is 1.57. The molecule has 3 heteroatoms. The van der Waals surface area contributed by atoms with Gasteiger partial charge in [0, 0.05) is 12.6 Å². The third-order valence-corrected chi connectivity index (χ3v) is 1.33. The van der Waals surface area contributed by atoms with Crippen LogP contribution in [0.1, 0.15) is 27.2 Å². The maximum Gasteiger partial charge on any atom is 0.0695 e. The fraction of sp³-hybridized carbons (Fsp3) is 1.00. The average Bonchev–Trinajstić information content (AvgIpc) is 1.82. The Kier molecular flexibility index (Phi) is 9.40. The van der Waals surface area contributed by atoms with Crippen LogP contribution in [0.25, 0.3) is 0 Å². The molecule has 0 bridgehead atoms. The van der Waals surface area contributed by atoms with Crippen molar-refractivity contribution in [3.63, 3.8) is 0 Å². The molecule has 0 fully saturated rings. The zero-order chi connectivity index (χ0) is 7.28. The summed E-state index contributed by atoms with van der Waals surface area (Å²) < 4.78 is 5.33. The Hall–Kier alpha value is 0.210. The second-order valence-electron chi connectivity index (χ2n) is 2.44. The van der Waals surface area contributed by atoms with Gasteiger partial charge in [-0.25, -0.2) is 0 Å². The highest BCUT2D eigenvalue weighted by molar-refractivity contribution is 5.85. The van der Waals surface area contributed by atoms with Crippen LogP contribution in [-0.4, -0.2) is 18.8 Å². The van der Waals surface area contributed by atoms with Crippen molar-refractivity contribution in [3.8, 4) is 0 Å². The van der Waals surface area contributed by atoms with E-state index < -0.39 is 0 Å². The molecule has 2 N–H and O–H groups in total. The first-order valence-electron chi connectivity index (χ1n) is 3.55. The minimum Gasteiger partial charge on any atom is -0.377 e. The van der Waals surface area contributed by atoms with Gasteiger partial charge in [-0.05, 0) is 20.3 Å². The lowest BCUT2D eigenvalue weighted by atomic mass is 10.2. The number of ether oxygens (including phenoxy) is 1. The number of nitrogens with two attached hydrogens (primary N) is 1. The number of hydrogen-bond donors (Lipinski definition) is 1. The van der Waals surface area contributed by atoms with E-state index in [4.69, 9.17) is 10.5 Å². The molecule has 64 valence electrons. The van der Waals surface area contributed by atoms with E-state index in [1.54, 1.807) is 0 Å². The summed E-state index contributed by atoms with van der Waals surface area (Å²) in [5, 5.41) is 0. The summed E-state index contributed by atoms with van der Waals surface area (Å²) in [5.41, 5.74) is 5.55. The van der Waals surface area contributed by atoms with Gasteiger partial charge in [0.2, 0.25) is 0 Å². The van der Waals surface area contributed by atoms with Gasteiger partial charge in [-0.1, -0.05) is 6.92 Å². The van der Waals surface area contributed by atoms with Gasteiger partial charge in [-0.2, -0.15) is 0 Å². The van der Waals surface area contributed by atoms with Crippen LogP contribution >= 0.6 is 12.4 Å². The van der Waals surface area contributed by atoms with Crippen molar-refractivity contribution in [3.05, 3.63) is 0 Å². The molecule has 10 heavy (non-hydrogen) atoms. The fourth-order valence-electron chi connectivity index (χ4n) is 0.456. The quantitative estimate of drug-likeness (QED) is 0.690. The van der Waals surface area contributed by atoms with Crippen LogP contribution in [0.5, 0.6) is 0 Å². The van der Waals surface area contributed by atoms with E-state index in [-0.39, 0.29) is 24.6 Å². The van der Waals surface area contributed by atoms with Gasteiger partial charge in [0.1, 0.15) is 0 Å². The van der Waals surface area contributed by atoms with E-state index in [0.29, 0.717) is 0 Å². The first-order valence-corrected chi connectivity index (χ1v) is 3.55. The number of hydrogen-bond acceptors (Lipinski definition) is 2. The van der Waals surface area contributed by atoms with Crippen LogP contribution in [0, 0.1) is 0 Å². The minimum atomic E-state index is 0. The summed E-state index contributed by atoms with van der Waals surface area (Å²) in [6.45, 7) is 6.87. The average molecular weight is 168 g/mol. The monoisotopic (exact) mass is 167 g/mol. The molecule has 0 aliphatic heterocycles. The normalized spacial score (nSPS) is 15.6. The molecule has 2 unspecified atom stereocenters. The Bertz CT molecular complexity index is 68.6. The summed E-state index contributed by atoms with van der Waals surface area (Å²) in [5.74, 6) is 0. The van der Waals surface area contributed by atoms with E-state index >= 15 is 0 Å². The first-order chi connectivity index (χ1) is 4.18. The van der Waals surface area contributed by atoms with E-state index in [2.05, 4.69) is 6.92 Å². The summed E-state index contributed by atoms with van der Waals surface area (Å²) in [6.07, 6.45) is 1.27. The van der Waals surface area contributed by atoms with Crippen LogP contribution in [0.15, 0.2) is 0 Å². The Labute approximate surface area is 69.5 Å². The predicted molar refractivity (Wildman–Crippen MR) is 46.6 cm³/mol. The van der Waals surface area contributed by atoms with Crippen LogP contribution in [0.4, 0.5) is 0 Å². The third kappa shape index (κ3) is 6.33. The fourth-order valence-corrected chi connectivity index (χ4v) is 0.456. The molecule has 0 aliphatic carbocycles. The zero-order valence-corrected chi connectivity index (χ0v) is 7.78. The lowest BCUT2D eigenvalue weighted by Crippen LogP contribution is -2.31. The standard InChI is InChI=1S/C7H17NO.ClH/c1-4-5-9-7(3)6(2)8;/h6-7H,4-5,8H2,1-3H3;1H. The van der Waals surface area contributed by atoms with Crippen molar-refractivity contribution in [2.45, 2.75) is 39.3 Å². The van der Waals surface area contributed by atoms with E-state index in [0.717, 1.165) is 13.0 Å². The Morgan fingerprint density at radius 3 is 2.20 bits per heavy atom. The molecule has 0 aromatic carbocycles. The number of halogens is 1. The van der Waals surface area contributed by atoms with Crippen LogP contribution in [0.2, 0.25) is 0 Å². The maximum absolute atomic E-state index is 5.55. The molecule has 0 rings (SSSR count). The van der Waals surface area contributed by atoms with Gasteiger partial charge in [-0.3, -0.25) is 0 Å². The van der Waals surface area contributed by atoms with Gasteiger partial charge in [0.15, 0.2) is 0 Å². The Morgan fingerprint density at radius 2 is 1.90 bits per heavy atom. The summed E-state index contributed by atoms with van der Waals surface area (Å²) in [7, 11) is 0. The summed E-state index contributed by atoms with van der Waals surface area (Å²) in [6, 6.07) is 0.150. The van der Waals surface area contributed by atoms with Gasteiger partial charge in [0.25, 0.3) is 0 Å². The molecule has 0 saturated heterocycles. The van der Waals surface area contributed by atoms with Crippen LogP contribution in [-0.2, 0) is 4.74 Å². The highest BCUT2D eigenvalue weighted by atomic mass is 35.5. The summed E-state index contributed by atoms with van der Waals surface area (Å²) >= 11 is 0. The zero-order valence-electron chi connectivity index (χ0n) is 6.96. The summed E-state index contributed by atoms with van der Waals surface area (Å²) in [4.78, 5) is 0. The SMILES string of the molecule is CCCOC(C)C(C)N.Cl. The van der Waals surface area contributed by atoms with Crippen molar-refractivity contribution in [2.75, 3.05) is 6.61 Å². The molecule has 0 aromatic heterocycles. The molecule has 0 aromatic rings. The van der Waals surface area contributed by atoms with Crippen molar-refractivity contribution < 1.29 is 4.74 Å². The van der Waals surface area contributed by atoms with Crippen molar-refractivity contribution in [2.24, 2.45) is 5.73 Å². The Morgan fingerprint density at radius 1 is 1.40 bits per heavy atom. The molecular formula is C7H18ClNO. The molecule has 2 nitrogen and oxygen atoms in total. The van der Waals surface area contributed by atoms with Crippen LogP contribution < -0.4 is 5.73 Å². The molecule has 0 aliphatic rings. The molecule has 0 spiro atoms. The molecule has 0 saturated carbocycles. The van der Waals surface area contributed by atoms with Crippen LogP contribution in [0.3, 0.4) is 0 Å². The second-order valence-corrected chi connectivity index (χ2v) is 2.44.